The number of H-pyrrole nitrogens is 1. The highest BCUT2D eigenvalue weighted by molar-refractivity contribution is 5.83. The lowest BCUT2D eigenvalue weighted by Crippen LogP contribution is -2.12. The van der Waals surface area contributed by atoms with Crippen molar-refractivity contribution in [2.24, 2.45) is 11.7 Å². The highest BCUT2D eigenvalue weighted by Crippen LogP contribution is 2.40. The van der Waals surface area contributed by atoms with Crippen LogP contribution in [0.25, 0.3) is 10.9 Å². The second kappa shape index (κ2) is 2.85. The molecule has 2 heteroatoms. The standard InChI is InChI=1S/C12H14N2/c13-11(8-4-5-8)10-3-1-2-9-6-7-14-12(9)10/h1-3,6-8,11,14H,4-5,13H2/t11-/m1/s1. The van der Waals surface area contributed by atoms with E-state index in [9.17, 15) is 0 Å². The fraction of sp³-hybridized carbons (Fsp3) is 0.333. The van der Waals surface area contributed by atoms with Crippen molar-refractivity contribution in [1.82, 2.24) is 4.98 Å². The summed E-state index contributed by atoms with van der Waals surface area (Å²) in [6.45, 7) is 0. The number of para-hydroxylation sites is 1. The molecule has 0 saturated heterocycles. The smallest absolute Gasteiger partial charge is 0.0502 e. The van der Waals surface area contributed by atoms with Gasteiger partial charge in [0.05, 0.1) is 5.52 Å². The minimum Gasteiger partial charge on any atom is -0.361 e. The van der Waals surface area contributed by atoms with E-state index in [1.54, 1.807) is 0 Å². The van der Waals surface area contributed by atoms with Crippen LogP contribution in [0.3, 0.4) is 0 Å². The van der Waals surface area contributed by atoms with Gasteiger partial charge in [0, 0.05) is 12.2 Å². The first kappa shape index (κ1) is 8.06. The Morgan fingerprint density at radius 3 is 2.93 bits per heavy atom. The zero-order valence-corrected chi connectivity index (χ0v) is 8.03. The fourth-order valence-corrected chi connectivity index (χ4v) is 2.10. The lowest BCUT2D eigenvalue weighted by atomic mass is 10.0. The molecule has 1 saturated carbocycles. The lowest BCUT2D eigenvalue weighted by Gasteiger charge is -2.11. The SMILES string of the molecule is N[C@@H](c1cccc2cc[nH]c12)C1CC1. The molecule has 0 aliphatic heterocycles. The zero-order valence-electron chi connectivity index (χ0n) is 8.03. The Balaban J connectivity index is 2.14. The van der Waals surface area contributed by atoms with Gasteiger partial charge >= 0.3 is 0 Å². The van der Waals surface area contributed by atoms with Crippen LogP contribution in [0, 0.1) is 5.92 Å². The van der Waals surface area contributed by atoms with E-state index in [0.717, 1.165) is 0 Å². The number of aromatic nitrogens is 1. The van der Waals surface area contributed by atoms with E-state index in [2.05, 4.69) is 29.2 Å². The van der Waals surface area contributed by atoms with Crippen molar-refractivity contribution in [1.29, 1.82) is 0 Å². The molecule has 1 aliphatic carbocycles. The Morgan fingerprint density at radius 1 is 1.29 bits per heavy atom. The van der Waals surface area contributed by atoms with Gasteiger partial charge in [0.15, 0.2) is 0 Å². The van der Waals surface area contributed by atoms with Gasteiger partial charge in [-0.1, -0.05) is 18.2 Å². The summed E-state index contributed by atoms with van der Waals surface area (Å²) in [5.74, 6) is 0.712. The van der Waals surface area contributed by atoms with Gasteiger partial charge in [-0.2, -0.15) is 0 Å². The first-order valence-electron chi connectivity index (χ1n) is 5.18. The Labute approximate surface area is 83.1 Å². The number of fused-ring (bicyclic) bond motifs is 1. The van der Waals surface area contributed by atoms with Gasteiger partial charge in [-0.05, 0) is 35.8 Å². The molecular weight excluding hydrogens is 172 g/mol. The quantitative estimate of drug-likeness (QED) is 0.743. The predicted molar refractivity (Wildman–Crippen MR) is 58.0 cm³/mol. The van der Waals surface area contributed by atoms with Gasteiger partial charge in [-0.3, -0.25) is 0 Å². The number of nitrogens with one attached hydrogen (secondary N) is 1. The van der Waals surface area contributed by atoms with E-state index in [0.29, 0.717) is 5.92 Å². The van der Waals surface area contributed by atoms with E-state index in [-0.39, 0.29) is 6.04 Å². The van der Waals surface area contributed by atoms with Crippen molar-refractivity contribution in [2.75, 3.05) is 0 Å². The minimum atomic E-state index is 0.220. The third-order valence-corrected chi connectivity index (χ3v) is 3.11. The predicted octanol–water partition coefficient (Wildman–Crippen LogP) is 2.58. The number of hydrogen-bond donors (Lipinski definition) is 2. The van der Waals surface area contributed by atoms with Crippen molar-refractivity contribution in [3.05, 3.63) is 36.0 Å². The molecule has 2 nitrogen and oxygen atoms in total. The third-order valence-electron chi connectivity index (χ3n) is 3.11. The van der Waals surface area contributed by atoms with Gasteiger partial charge in [-0.15, -0.1) is 0 Å². The zero-order chi connectivity index (χ0) is 9.54. The molecule has 0 amide bonds. The number of nitrogens with two attached hydrogens (primary N) is 1. The normalized spacial score (nSPS) is 18.6. The summed E-state index contributed by atoms with van der Waals surface area (Å²) in [7, 11) is 0. The van der Waals surface area contributed by atoms with Gasteiger partial charge in [-0.25, -0.2) is 0 Å². The molecule has 0 spiro atoms. The first-order valence-corrected chi connectivity index (χ1v) is 5.18. The molecule has 1 aromatic carbocycles. The van der Waals surface area contributed by atoms with Crippen LogP contribution in [0.4, 0.5) is 0 Å². The highest BCUT2D eigenvalue weighted by Gasteiger charge is 2.30. The average molecular weight is 186 g/mol. The molecule has 3 rings (SSSR count). The van der Waals surface area contributed by atoms with Gasteiger partial charge in [0.25, 0.3) is 0 Å². The lowest BCUT2D eigenvalue weighted by molar-refractivity contribution is 0.637. The number of rotatable bonds is 2. The summed E-state index contributed by atoms with van der Waals surface area (Å²) in [6.07, 6.45) is 4.56. The van der Waals surface area contributed by atoms with Crippen LogP contribution in [-0.2, 0) is 0 Å². The van der Waals surface area contributed by atoms with Gasteiger partial charge in [0.2, 0.25) is 0 Å². The summed E-state index contributed by atoms with van der Waals surface area (Å²) in [5.41, 5.74) is 8.69. The van der Waals surface area contributed by atoms with E-state index < -0.39 is 0 Å². The largest absolute Gasteiger partial charge is 0.361 e. The molecule has 2 aromatic rings. The molecule has 1 fully saturated rings. The maximum absolute atomic E-state index is 6.21. The van der Waals surface area contributed by atoms with Crippen LogP contribution >= 0.6 is 0 Å². The second-order valence-electron chi connectivity index (χ2n) is 4.15. The number of benzene rings is 1. The van der Waals surface area contributed by atoms with Gasteiger partial charge < -0.3 is 10.7 Å². The average Bonchev–Trinajstić information content (AvgIpc) is 2.94. The topological polar surface area (TPSA) is 41.8 Å². The molecule has 0 unspecified atom stereocenters. The van der Waals surface area contributed by atoms with Crippen LogP contribution < -0.4 is 5.73 Å². The Hall–Kier alpha value is -1.28. The van der Waals surface area contributed by atoms with Crippen LogP contribution in [-0.4, -0.2) is 4.98 Å². The molecule has 3 N–H and O–H groups in total. The number of hydrogen-bond acceptors (Lipinski definition) is 1. The van der Waals surface area contributed by atoms with E-state index in [1.807, 2.05) is 6.20 Å². The van der Waals surface area contributed by atoms with Crippen LogP contribution in [0.1, 0.15) is 24.4 Å². The Morgan fingerprint density at radius 2 is 2.14 bits per heavy atom. The highest BCUT2D eigenvalue weighted by atomic mass is 14.7. The summed E-state index contributed by atoms with van der Waals surface area (Å²) >= 11 is 0. The molecular formula is C12H14N2. The molecule has 1 aromatic heterocycles. The molecule has 1 aliphatic rings. The second-order valence-corrected chi connectivity index (χ2v) is 4.15. The molecule has 0 radical (unpaired) electrons. The van der Waals surface area contributed by atoms with E-state index >= 15 is 0 Å². The van der Waals surface area contributed by atoms with Crippen molar-refractivity contribution in [2.45, 2.75) is 18.9 Å². The Kier molecular flexibility index (Phi) is 1.64. The number of aromatic amines is 1. The van der Waals surface area contributed by atoms with E-state index in [1.165, 1.54) is 29.3 Å². The third kappa shape index (κ3) is 1.15. The summed E-state index contributed by atoms with van der Waals surface area (Å²) in [4.78, 5) is 3.27. The summed E-state index contributed by atoms with van der Waals surface area (Å²) in [6, 6.07) is 8.67. The molecule has 0 bridgehead atoms. The monoisotopic (exact) mass is 186 g/mol. The molecule has 1 atom stereocenters. The molecule has 14 heavy (non-hydrogen) atoms. The van der Waals surface area contributed by atoms with Gasteiger partial charge in [0.1, 0.15) is 0 Å². The van der Waals surface area contributed by atoms with Crippen LogP contribution in [0.2, 0.25) is 0 Å². The van der Waals surface area contributed by atoms with Crippen molar-refractivity contribution in [3.63, 3.8) is 0 Å². The summed E-state index contributed by atoms with van der Waals surface area (Å²) < 4.78 is 0. The molecule has 1 heterocycles. The van der Waals surface area contributed by atoms with Crippen molar-refractivity contribution < 1.29 is 0 Å². The summed E-state index contributed by atoms with van der Waals surface area (Å²) in [5, 5.41) is 1.26. The minimum absolute atomic E-state index is 0.220. The fourth-order valence-electron chi connectivity index (χ4n) is 2.10. The van der Waals surface area contributed by atoms with Crippen LogP contribution in [0.5, 0.6) is 0 Å². The maximum atomic E-state index is 6.21. The van der Waals surface area contributed by atoms with Crippen molar-refractivity contribution >= 4 is 10.9 Å². The maximum Gasteiger partial charge on any atom is 0.0502 e. The van der Waals surface area contributed by atoms with Crippen LogP contribution in [0.15, 0.2) is 30.5 Å². The first-order chi connectivity index (χ1) is 6.86. The molecule has 72 valence electrons. The van der Waals surface area contributed by atoms with Crippen molar-refractivity contribution in [3.8, 4) is 0 Å². The van der Waals surface area contributed by atoms with E-state index in [4.69, 9.17) is 5.73 Å². The Bertz CT molecular complexity index is 454.